The van der Waals surface area contributed by atoms with Crippen molar-refractivity contribution in [3.8, 4) is 6.07 Å². The molecule has 0 bridgehead atoms. The van der Waals surface area contributed by atoms with E-state index in [4.69, 9.17) is 5.26 Å². The molecule has 1 N–H and O–H groups in total. The Kier molecular flexibility index (Phi) is 3.29. The van der Waals surface area contributed by atoms with Crippen LogP contribution in [0.5, 0.6) is 0 Å². The maximum Gasteiger partial charge on any atom is 0.0774 e. The first-order chi connectivity index (χ1) is 6.08. The molecule has 1 fully saturated rings. The van der Waals surface area contributed by atoms with Gasteiger partial charge in [-0.15, -0.1) is 0 Å². The largest absolute Gasteiger partial charge is 0.389 e. The molecule has 1 aliphatic rings. The molecule has 0 heterocycles. The highest BCUT2D eigenvalue weighted by Crippen LogP contribution is 2.32. The fraction of sp³-hybridized carbons (Fsp3) is 0.900. The van der Waals surface area contributed by atoms with Gasteiger partial charge in [-0.05, 0) is 33.2 Å². The second-order valence-electron chi connectivity index (χ2n) is 4.15. The molecule has 0 amide bonds. The Labute approximate surface area is 80.0 Å². The molecular formula is C10H18N2O. The van der Waals surface area contributed by atoms with E-state index in [0.717, 1.165) is 25.8 Å². The van der Waals surface area contributed by atoms with Crippen LogP contribution in [0, 0.1) is 11.3 Å². The van der Waals surface area contributed by atoms with Gasteiger partial charge in [0, 0.05) is 19.0 Å². The lowest BCUT2D eigenvalue weighted by Crippen LogP contribution is -2.45. The third-order valence-corrected chi connectivity index (χ3v) is 2.99. The van der Waals surface area contributed by atoms with Gasteiger partial charge in [0.1, 0.15) is 0 Å². The van der Waals surface area contributed by atoms with E-state index in [2.05, 4.69) is 11.0 Å². The van der Waals surface area contributed by atoms with Crippen LogP contribution < -0.4 is 0 Å². The zero-order valence-electron chi connectivity index (χ0n) is 8.45. The third-order valence-electron chi connectivity index (χ3n) is 2.99. The molecule has 0 aromatic carbocycles. The Bertz CT molecular complexity index is 207. The second-order valence-corrected chi connectivity index (χ2v) is 4.15. The molecule has 1 saturated carbocycles. The summed E-state index contributed by atoms with van der Waals surface area (Å²) in [6, 6.07) is 2.36. The Morgan fingerprint density at radius 3 is 2.85 bits per heavy atom. The Hall–Kier alpha value is -0.590. The van der Waals surface area contributed by atoms with Crippen LogP contribution in [0.15, 0.2) is 0 Å². The van der Waals surface area contributed by atoms with Gasteiger partial charge in [-0.3, -0.25) is 4.90 Å². The molecule has 0 aliphatic heterocycles. The predicted octanol–water partition coefficient (Wildman–Crippen LogP) is 1.14. The molecule has 3 heteroatoms. The molecule has 74 valence electrons. The maximum absolute atomic E-state index is 10.00. The Balaban J connectivity index is 2.47. The lowest BCUT2D eigenvalue weighted by Gasteiger charge is -2.33. The number of nitrogens with zero attached hydrogens (tertiary/aromatic N) is 2. The molecule has 1 aliphatic carbocycles. The topological polar surface area (TPSA) is 47.3 Å². The molecule has 0 radical (unpaired) electrons. The van der Waals surface area contributed by atoms with Crippen molar-refractivity contribution in [2.75, 3.05) is 13.6 Å². The SMILES string of the molecule is CN(CCC#N)C1CCCC1(C)O. The molecule has 0 spiro atoms. The highest BCUT2D eigenvalue weighted by Gasteiger charge is 2.38. The highest BCUT2D eigenvalue weighted by molar-refractivity contribution is 4.94. The van der Waals surface area contributed by atoms with Crippen LogP contribution in [-0.2, 0) is 0 Å². The van der Waals surface area contributed by atoms with Crippen LogP contribution in [0.25, 0.3) is 0 Å². The lowest BCUT2D eigenvalue weighted by atomic mass is 9.99. The molecule has 3 nitrogen and oxygen atoms in total. The number of hydrogen-bond donors (Lipinski definition) is 1. The summed E-state index contributed by atoms with van der Waals surface area (Å²) in [5, 5.41) is 18.4. The Morgan fingerprint density at radius 2 is 2.38 bits per heavy atom. The molecule has 0 aromatic heterocycles. The first kappa shape index (κ1) is 10.5. The van der Waals surface area contributed by atoms with Crippen LogP contribution in [0.1, 0.15) is 32.6 Å². The predicted molar refractivity (Wildman–Crippen MR) is 51.1 cm³/mol. The van der Waals surface area contributed by atoms with Gasteiger partial charge in [0.15, 0.2) is 0 Å². The van der Waals surface area contributed by atoms with E-state index in [0.29, 0.717) is 6.42 Å². The van der Waals surface area contributed by atoms with Gasteiger partial charge in [0.25, 0.3) is 0 Å². The van der Waals surface area contributed by atoms with Crippen molar-refractivity contribution in [1.82, 2.24) is 4.90 Å². The number of aliphatic hydroxyl groups is 1. The third kappa shape index (κ3) is 2.43. The van der Waals surface area contributed by atoms with Crippen molar-refractivity contribution in [3.05, 3.63) is 0 Å². The smallest absolute Gasteiger partial charge is 0.0774 e. The molecule has 0 saturated heterocycles. The second kappa shape index (κ2) is 4.08. The van der Waals surface area contributed by atoms with E-state index in [9.17, 15) is 5.11 Å². The summed E-state index contributed by atoms with van der Waals surface area (Å²) < 4.78 is 0. The van der Waals surface area contributed by atoms with E-state index < -0.39 is 5.60 Å². The first-order valence-electron chi connectivity index (χ1n) is 4.87. The number of rotatable bonds is 3. The highest BCUT2D eigenvalue weighted by atomic mass is 16.3. The fourth-order valence-electron chi connectivity index (χ4n) is 2.21. The van der Waals surface area contributed by atoms with Crippen molar-refractivity contribution in [2.24, 2.45) is 0 Å². The number of hydrogen-bond acceptors (Lipinski definition) is 3. The van der Waals surface area contributed by atoms with Crippen LogP contribution in [-0.4, -0.2) is 35.2 Å². The van der Waals surface area contributed by atoms with Crippen molar-refractivity contribution >= 4 is 0 Å². The fourth-order valence-corrected chi connectivity index (χ4v) is 2.21. The molecule has 13 heavy (non-hydrogen) atoms. The van der Waals surface area contributed by atoms with Crippen molar-refractivity contribution in [3.63, 3.8) is 0 Å². The zero-order valence-corrected chi connectivity index (χ0v) is 8.45. The number of nitriles is 1. The molecule has 1 rings (SSSR count). The van der Waals surface area contributed by atoms with Crippen LogP contribution in [0.4, 0.5) is 0 Å². The van der Waals surface area contributed by atoms with Crippen LogP contribution in [0.3, 0.4) is 0 Å². The molecule has 0 aromatic rings. The molecular weight excluding hydrogens is 164 g/mol. The van der Waals surface area contributed by atoms with Gasteiger partial charge in [-0.2, -0.15) is 5.26 Å². The van der Waals surface area contributed by atoms with Gasteiger partial charge in [-0.25, -0.2) is 0 Å². The monoisotopic (exact) mass is 182 g/mol. The van der Waals surface area contributed by atoms with Crippen molar-refractivity contribution in [1.29, 1.82) is 5.26 Å². The molecule has 2 unspecified atom stereocenters. The first-order valence-corrected chi connectivity index (χ1v) is 4.87. The van der Waals surface area contributed by atoms with Crippen LogP contribution in [0.2, 0.25) is 0 Å². The summed E-state index contributed by atoms with van der Waals surface area (Å²) in [4.78, 5) is 2.11. The maximum atomic E-state index is 10.00. The van der Waals surface area contributed by atoms with Gasteiger partial charge in [0.2, 0.25) is 0 Å². The van der Waals surface area contributed by atoms with Gasteiger partial charge in [0.05, 0.1) is 11.7 Å². The minimum absolute atomic E-state index is 0.237. The average molecular weight is 182 g/mol. The summed E-state index contributed by atoms with van der Waals surface area (Å²) in [7, 11) is 1.99. The summed E-state index contributed by atoms with van der Waals surface area (Å²) >= 11 is 0. The van der Waals surface area contributed by atoms with Crippen LogP contribution >= 0.6 is 0 Å². The molecule has 2 atom stereocenters. The van der Waals surface area contributed by atoms with Gasteiger partial charge in [-0.1, -0.05) is 0 Å². The van der Waals surface area contributed by atoms with Gasteiger partial charge >= 0.3 is 0 Å². The number of likely N-dealkylation sites (N-methyl/N-ethyl adjacent to an activating group) is 1. The summed E-state index contributed by atoms with van der Waals surface area (Å²) in [6.45, 7) is 2.66. The van der Waals surface area contributed by atoms with Crippen molar-refractivity contribution < 1.29 is 5.11 Å². The lowest BCUT2D eigenvalue weighted by molar-refractivity contribution is -0.00333. The van der Waals surface area contributed by atoms with E-state index in [1.54, 1.807) is 0 Å². The summed E-state index contributed by atoms with van der Waals surface area (Å²) in [5.74, 6) is 0. The van der Waals surface area contributed by atoms with Gasteiger partial charge < -0.3 is 5.11 Å². The normalized spacial score (nSPS) is 33.6. The van der Waals surface area contributed by atoms with Crippen molar-refractivity contribution in [2.45, 2.75) is 44.2 Å². The Morgan fingerprint density at radius 1 is 1.69 bits per heavy atom. The summed E-state index contributed by atoms with van der Waals surface area (Å²) in [6.07, 6.45) is 3.57. The average Bonchev–Trinajstić information content (AvgIpc) is 2.41. The van der Waals surface area contributed by atoms with E-state index in [1.807, 2.05) is 14.0 Å². The van der Waals surface area contributed by atoms with E-state index in [-0.39, 0.29) is 6.04 Å². The minimum Gasteiger partial charge on any atom is -0.389 e. The standard InChI is InChI=1S/C10H18N2O/c1-10(13)6-3-5-9(10)12(2)8-4-7-11/h9,13H,3-6,8H2,1-2H3. The summed E-state index contributed by atoms with van der Waals surface area (Å²) in [5.41, 5.74) is -0.551. The zero-order chi connectivity index (χ0) is 9.90. The minimum atomic E-state index is -0.551. The van der Waals surface area contributed by atoms with E-state index >= 15 is 0 Å². The van der Waals surface area contributed by atoms with E-state index in [1.165, 1.54) is 0 Å². The quantitative estimate of drug-likeness (QED) is 0.712.